The molecular formula is C15H24N4O2. The average molecular weight is 292 g/mol. The van der Waals surface area contributed by atoms with E-state index in [4.69, 9.17) is 4.74 Å². The third kappa shape index (κ3) is 4.68. The molecule has 1 aliphatic heterocycles. The maximum Gasteiger partial charge on any atom is 0.228 e. The lowest BCUT2D eigenvalue weighted by molar-refractivity contribution is 0.103. The van der Waals surface area contributed by atoms with Crippen LogP contribution in [0.4, 0.5) is 5.95 Å². The summed E-state index contributed by atoms with van der Waals surface area (Å²) < 4.78 is 5.13. The molecule has 2 rings (SSSR count). The smallest absolute Gasteiger partial charge is 0.228 e. The normalized spacial score (nSPS) is 17.5. The summed E-state index contributed by atoms with van der Waals surface area (Å²) in [6, 6.07) is 1.75. The molecule has 1 saturated heterocycles. The van der Waals surface area contributed by atoms with Crippen LogP contribution in [0.1, 0.15) is 12.8 Å². The number of aromatic nitrogens is 2. The Morgan fingerprint density at radius 2 is 2.19 bits per heavy atom. The van der Waals surface area contributed by atoms with Crippen LogP contribution in [0.2, 0.25) is 0 Å². The second kappa shape index (κ2) is 7.95. The van der Waals surface area contributed by atoms with Gasteiger partial charge in [0.1, 0.15) is 0 Å². The lowest BCUT2D eigenvalue weighted by Gasteiger charge is -2.35. The number of hydrogen-bond acceptors (Lipinski definition) is 6. The van der Waals surface area contributed by atoms with Crippen molar-refractivity contribution in [2.24, 2.45) is 0 Å². The number of anilines is 1. The molecule has 0 bridgehead atoms. The van der Waals surface area contributed by atoms with E-state index in [1.54, 1.807) is 19.4 Å². The third-order valence-electron chi connectivity index (χ3n) is 3.65. The van der Waals surface area contributed by atoms with E-state index in [0.29, 0.717) is 11.8 Å². The number of hydrogen-bond donors (Lipinski definition) is 1. The van der Waals surface area contributed by atoms with Crippen LogP contribution in [0, 0.1) is 0 Å². The van der Waals surface area contributed by atoms with E-state index in [-0.39, 0.29) is 6.10 Å². The number of aliphatic hydroxyl groups excluding tert-OH is 1. The van der Waals surface area contributed by atoms with Gasteiger partial charge in [0.25, 0.3) is 0 Å². The Morgan fingerprint density at radius 3 is 2.86 bits per heavy atom. The number of methoxy groups -OCH3 is 1. The minimum Gasteiger partial charge on any atom is -0.481 e. The van der Waals surface area contributed by atoms with Gasteiger partial charge >= 0.3 is 0 Å². The fourth-order valence-corrected chi connectivity index (χ4v) is 2.43. The molecule has 1 aromatic rings. The fraction of sp³-hybridized carbons (Fsp3) is 0.600. The number of ether oxygens (including phenoxy) is 1. The largest absolute Gasteiger partial charge is 0.481 e. The molecule has 0 radical (unpaired) electrons. The number of rotatable bonds is 7. The van der Waals surface area contributed by atoms with Crippen molar-refractivity contribution in [3.8, 4) is 5.88 Å². The van der Waals surface area contributed by atoms with Gasteiger partial charge in [0.2, 0.25) is 11.8 Å². The first kappa shape index (κ1) is 15.7. The van der Waals surface area contributed by atoms with Crippen LogP contribution >= 0.6 is 0 Å². The molecule has 116 valence electrons. The maximum absolute atomic E-state index is 9.94. The van der Waals surface area contributed by atoms with Gasteiger partial charge < -0.3 is 14.7 Å². The van der Waals surface area contributed by atoms with Gasteiger partial charge in [0.05, 0.1) is 13.2 Å². The Bertz CT molecular complexity index is 447. The van der Waals surface area contributed by atoms with Crippen LogP contribution in [-0.4, -0.2) is 65.9 Å². The van der Waals surface area contributed by atoms with Crippen molar-refractivity contribution in [1.82, 2.24) is 14.9 Å². The standard InChI is InChI=1S/C15H24N4O2/c1-3-4-5-13(20)12-18-8-10-19(11-9-18)15-16-7-6-14(17-15)21-2/h3,6-7,13,20H,1,4-5,8-12H2,2H3. The summed E-state index contributed by atoms with van der Waals surface area (Å²) in [6.45, 7) is 7.95. The molecule has 21 heavy (non-hydrogen) atoms. The van der Waals surface area contributed by atoms with Gasteiger partial charge in [-0.3, -0.25) is 4.90 Å². The van der Waals surface area contributed by atoms with Crippen LogP contribution in [0.15, 0.2) is 24.9 Å². The average Bonchev–Trinajstić information content (AvgIpc) is 2.53. The van der Waals surface area contributed by atoms with Gasteiger partial charge in [-0.05, 0) is 12.8 Å². The number of β-amino-alcohol motifs (C(OH)–C–C–N with tert-alkyl or cyclic N) is 1. The zero-order valence-corrected chi connectivity index (χ0v) is 12.6. The molecule has 1 N–H and O–H groups in total. The van der Waals surface area contributed by atoms with Crippen molar-refractivity contribution in [2.45, 2.75) is 18.9 Å². The highest BCUT2D eigenvalue weighted by atomic mass is 16.5. The molecule has 6 nitrogen and oxygen atoms in total. The Morgan fingerprint density at radius 1 is 1.43 bits per heavy atom. The van der Waals surface area contributed by atoms with Crippen LogP contribution < -0.4 is 9.64 Å². The highest BCUT2D eigenvalue weighted by Crippen LogP contribution is 2.14. The first-order chi connectivity index (χ1) is 10.2. The number of nitrogens with zero attached hydrogens (tertiary/aromatic N) is 4. The summed E-state index contributed by atoms with van der Waals surface area (Å²) in [6.07, 6.45) is 4.93. The van der Waals surface area contributed by atoms with E-state index >= 15 is 0 Å². The van der Waals surface area contributed by atoms with Gasteiger partial charge in [-0.2, -0.15) is 4.98 Å². The second-order valence-electron chi connectivity index (χ2n) is 5.21. The predicted octanol–water partition coefficient (Wildman–Crippen LogP) is 0.934. The highest BCUT2D eigenvalue weighted by Gasteiger charge is 2.20. The fourth-order valence-electron chi connectivity index (χ4n) is 2.43. The zero-order chi connectivity index (χ0) is 15.1. The number of aliphatic hydroxyl groups is 1. The summed E-state index contributed by atoms with van der Waals surface area (Å²) in [5.41, 5.74) is 0. The van der Waals surface area contributed by atoms with Gasteiger partial charge in [0, 0.05) is 45.0 Å². The van der Waals surface area contributed by atoms with Crippen molar-refractivity contribution in [2.75, 3.05) is 44.7 Å². The molecule has 1 atom stereocenters. The molecule has 1 aromatic heterocycles. The molecule has 1 unspecified atom stereocenters. The summed E-state index contributed by atoms with van der Waals surface area (Å²) in [5, 5.41) is 9.94. The molecule has 0 amide bonds. The van der Waals surface area contributed by atoms with Crippen molar-refractivity contribution >= 4 is 5.95 Å². The van der Waals surface area contributed by atoms with Gasteiger partial charge in [-0.15, -0.1) is 6.58 Å². The Balaban J connectivity index is 1.81. The molecule has 0 spiro atoms. The van der Waals surface area contributed by atoms with Crippen molar-refractivity contribution in [3.05, 3.63) is 24.9 Å². The van der Waals surface area contributed by atoms with Crippen LogP contribution in [-0.2, 0) is 0 Å². The predicted molar refractivity (Wildman–Crippen MR) is 82.7 cm³/mol. The Kier molecular flexibility index (Phi) is 5.95. The second-order valence-corrected chi connectivity index (χ2v) is 5.21. The molecule has 1 aliphatic rings. The van der Waals surface area contributed by atoms with Crippen molar-refractivity contribution in [3.63, 3.8) is 0 Å². The van der Waals surface area contributed by atoms with Crippen LogP contribution in [0.25, 0.3) is 0 Å². The molecule has 2 heterocycles. The molecule has 0 aromatic carbocycles. The van der Waals surface area contributed by atoms with Crippen LogP contribution in [0.5, 0.6) is 5.88 Å². The summed E-state index contributed by atoms with van der Waals surface area (Å²) in [7, 11) is 1.61. The molecule has 6 heteroatoms. The minimum absolute atomic E-state index is 0.275. The minimum atomic E-state index is -0.275. The van der Waals surface area contributed by atoms with Gasteiger partial charge in [0.15, 0.2) is 0 Å². The highest BCUT2D eigenvalue weighted by molar-refractivity contribution is 5.32. The maximum atomic E-state index is 9.94. The topological polar surface area (TPSA) is 61.7 Å². The molecule has 0 aliphatic carbocycles. The molecule has 0 saturated carbocycles. The Labute approximate surface area is 126 Å². The molecular weight excluding hydrogens is 268 g/mol. The van der Waals surface area contributed by atoms with E-state index in [0.717, 1.165) is 45.6 Å². The lowest BCUT2D eigenvalue weighted by atomic mass is 10.1. The van der Waals surface area contributed by atoms with E-state index in [1.807, 2.05) is 6.08 Å². The van der Waals surface area contributed by atoms with E-state index in [1.165, 1.54) is 0 Å². The van der Waals surface area contributed by atoms with E-state index in [9.17, 15) is 5.11 Å². The molecule has 1 fully saturated rings. The lowest BCUT2D eigenvalue weighted by Crippen LogP contribution is -2.49. The van der Waals surface area contributed by atoms with Crippen molar-refractivity contribution < 1.29 is 9.84 Å². The third-order valence-corrected chi connectivity index (χ3v) is 3.65. The number of allylic oxidation sites excluding steroid dienone is 1. The first-order valence-corrected chi connectivity index (χ1v) is 7.36. The quantitative estimate of drug-likeness (QED) is 0.755. The summed E-state index contributed by atoms with van der Waals surface area (Å²) in [4.78, 5) is 13.1. The summed E-state index contributed by atoms with van der Waals surface area (Å²) in [5.74, 6) is 1.29. The van der Waals surface area contributed by atoms with Gasteiger partial charge in [-0.25, -0.2) is 4.98 Å². The van der Waals surface area contributed by atoms with E-state index in [2.05, 4.69) is 26.3 Å². The zero-order valence-electron chi connectivity index (χ0n) is 12.6. The monoisotopic (exact) mass is 292 g/mol. The van der Waals surface area contributed by atoms with E-state index < -0.39 is 0 Å². The number of piperazine rings is 1. The summed E-state index contributed by atoms with van der Waals surface area (Å²) >= 11 is 0. The first-order valence-electron chi connectivity index (χ1n) is 7.36. The van der Waals surface area contributed by atoms with Crippen molar-refractivity contribution in [1.29, 1.82) is 0 Å². The van der Waals surface area contributed by atoms with Gasteiger partial charge in [-0.1, -0.05) is 6.08 Å². The SMILES string of the molecule is C=CCCC(O)CN1CCN(c2nccc(OC)n2)CC1. The van der Waals surface area contributed by atoms with Crippen LogP contribution in [0.3, 0.4) is 0 Å². The Hall–Kier alpha value is -1.66.